The Hall–Kier alpha value is -1.09. The van der Waals surface area contributed by atoms with Crippen LogP contribution in [-0.4, -0.2) is 10.1 Å². The lowest BCUT2D eigenvalue weighted by Crippen LogP contribution is -2.02. The van der Waals surface area contributed by atoms with Gasteiger partial charge in [-0.05, 0) is 49.2 Å². The highest BCUT2D eigenvalue weighted by atomic mass is 35.5. The van der Waals surface area contributed by atoms with E-state index < -0.39 is 6.10 Å². The zero-order chi connectivity index (χ0) is 13.3. The van der Waals surface area contributed by atoms with Crippen molar-refractivity contribution in [1.82, 2.24) is 4.98 Å². The smallest absolute Gasteiger partial charge is 0.104 e. The van der Waals surface area contributed by atoms with Crippen molar-refractivity contribution in [3.8, 4) is 0 Å². The third kappa shape index (κ3) is 2.83. The second kappa shape index (κ2) is 5.27. The molecule has 0 saturated carbocycles. The summed E-state index contributed by atoms with van der Waals surface area (Å²) in [6.07, 6.45) is -0.722. The average Bonchev–Trinajstić information content (AvgIpc) is 2.30. The molecular weight excluding hydrogens is 269 g/mol. The number of hydrogen-bond acceptors (Lipinski definition) is 2. The minimum atomic E-state index is -0.722. The van der Waals surface area contributed by atoms with E-state index in [0.29, 0.717) is 10.0 Å². The first-order chi connectivity index (χ1) is 8.47. The molecule has 0 radical (unpaired) electrons. The Labute approximate surface area is 116 Å². The highest BCUT2D eigenvalue weighted by Gasteiger charge is 2.13. The first-order valence-corrected chi connectivity index (χ1v) is 6.31. The van der Waals surface area contributed by atoms with Gasteiger partial charge >= 0.3 is 0 Å². The topological polar surface area (TPSA) is 33.1 Å². The second-order valence-electron chi connectivity index (χ2n) is 4.26. The van der Waals surface area contributed by atoms with E-state index in [4.69, 9.17) is 23.2 Å². The molecule has 1 N–H and O–H groups in total. The lowest BCUT2D eigenvalue weighted by Gasteiger charge is -2.13. The largest absolute Gasteiger partial charge is 0.384 e. The SMILES string of the molecule is Cc1cc(C(O)c2ccc(Cl)c(Cl)c2)cc(C)n1. The van der Waals surface area contributed by atoms with Gasteiger partial charge in [0.05, 0.1) is 10.0 Å². The van der Waals surface area contributed by atoms with E-state index >= 15 is 0 Å². The van der Waals surface area contributed by atoms with Crippen molar-refractivity contribution < 1.29 is 5.11 Å². The summed E-state index contributed by atoms with van der Waals surface area (Å²) in [4.78, 5) is 4.28. The van der Waals surface area contributed by atoms with Crippen LogP contribution in [0.1, 0.15) is 28.6 Å². The van der Waals surface area contributed by atoms with Crippen LogP contribution >= 0.6 is 23.2 Å². The molecule has 1 heterocycles. The van der Waals surface area contributed by atoms with Crippen LogP contribution in [0, 0.1) is 13.8 Å². The van der Waals surface area contributed by atoms with E-state index in [2.05, 4.69) is 4.98 Å². The summed E-state index contributed by atoms with van der Waals surface area (Å²) in [6.45, 7) is 3.80. The van der Waals surface area contributed by atoms with E-state index in [9.17, 15) is 5.11 Å². The van der Waals surface area contributed by atoms with Crippen LogP contribution in [0.2, 0.25) is 10.0 Å². The normalized spacial score (nSPS) is 12.5. The van der Waals surface area contributed by atoms with Gasteiger partial charge in [-0.25, -0.2) is 0 Å². The Morgan fingerprint density at radius 2 is 1.56 bits per heavy atom. The quantitative estimate of drug-likeness (QED) is 0.900. The molecule has 0 spiro atoms. The molecule has 1 aromatic carbocycles. The van der Waals surface area contributed by atoms with Gasteiger partial charge < -0.3 is 5.11 Å². The number of hydrogen-bond donors (Lipinski definition) is 1. The molecule has 1 unspecified atom stereocenters. The van der Waals surface area contributed by atoms with E-state index in [1.54, 1.807) is 18.2 Å². The number of aryl methyl sites for hydroxylation is 2. The van der Waals surface area contributed by atoms with Crippen LogP contribution in [-0.2, 0) is 0 Å². The van der Waals surface area contributed by atoms with Crippen LogP contribution < -0.4 is 0 Å². The highest BCUT2D eigenvalue weighted by molar-refractivity contribution is 6.42. The Kier molecular flexibility index (Phi) is 3.91. The fraction of sp³-hybridized carbons (Fsp3) is 0.214. The van der Waals surface area contributed by atoms with Gasteiger partial charge in [0.2, 0.25) is 0 Å². The Morgan fingerprint density at radius 3 is 2.11 bits per heavy atom. The van der Waals surface area contributed by atoms with Gasteiger partial charge in [0, 0.05) is 11.4 Å². The number of halogens is 2. The van der Waals surface area contributed by atoms with E-state index in [1.807, 2.05) is 26.0 Å². The summed E-state index contributed by atoms with van der Waals surface area (Å²) in [5.41, 5.74) is 3.28. The summed E-state index contributed by atoms with van der Waals surface area (Å²) in [7, 11) is 0. The Morgan fingerprint density at radius 1 is 0.944 bits per heavy atom. The van der Waals surface area contributed by atoms with Crippen LogP contribution in [0.5, 0.6) is 0 Å². The van der Waals surface area contributed by atoms with Gasteiger partial charge in [-0.15, -0.1) is 0 Å². The lowest BCUT2D eigenvalue weighted by molar-refractivity contribution is 0.220. The molecule has 1 atom stereocenters. The van der Waals surface area contributed by atoms with E-state index in [-0.39, 0.29) is 0 Å². The molecule has 2 aromatic rings. The van der Waals surface area contributed by atoms with E-state index in [1.165, 1.54) is 0 Å². The predicted octanol–water partition coefficient (Wildman–Crippen LogP) is 4.09. The molecule has 2 rings (SSSR count). The van der Waals surface area contributed by atoms with Gasteiger partial charge in [-0.2, -0.15) is 0 Å². The number of aromatic nitrogens is 1. The van der Waals surface area contributed by atoms with Gasteiger partial charge in [0.15, 0.2) is 0 Å². The van der Waals surface area contributed by atoms with E-state index in [0.717, 1.165) is 22.5 Å². The molecule has 0 aliphatic rings. The minimum Gasteiger partial charge on any atom is -0.384 e. The number of pyridine rings is 1. The van der Waals surface area contributed by atoms with Crippen molar-refractivity contribution in [2.24, 2.45) is 0 Å². The van der Waals surface area contributed by atoms with Crippen molar-refractivity contribution in [2.45, 2.75) is 20.0 Å². The molecule has 0 fully saturated rings. The molecular formula is C14H13Cl2NO. The van der Waals surface area contributed by atoms with Crippen LogP contribution in [0.3, 0.4) is 0 Å². The van der Waals surface area contributed by atoms with Crippen molar-refractivity contribution in [2.75, 3.05) is 0 Å². The first-order valence-electron chi connectivity index (χ1n) is 5.55. The molecule has 0 aliphatic heterocycles. The monoisotopic (exact) mass is 281 g/mol. The lowest BCUT2D eigenvalue weighted by atomic mass is 10.0. The molecule has 94 valence electrons. The zero-order valence-corrected chi connectivity index (χ0v) is 11.6. The Bertz CT molecular complexity index is 564. The molecule has 0 amide bonds. The van der Waals surface area contributed by atoms with Gasteiger partial charge in [-0.1, -0.05) is 29.3 Å². The number of aliphatic hydroxyl groups excluding tert-OH is 1. The summed E-state index contributed by atoms with van der Waals surface area (Å²) >= 11 is 11.8. The minimum absolute atomic E-state index is 0.440. The first kappa shape index (κ1) is 13.3. The predicted molar refractivity (Wildman–Crippen MR) is 74.2 cm³/mol. The molecule has 4 heteroatoms. The number of benzene rings is 1. The average molecular weight is 282 g/mol. The molecule has 0 saturated heterocycles. The fourth-order valence-electron chi connectivity index (χ4n) is 1.90. The van der Waals surface area contributed by atoms with Crippen LogP contribution in [0.15, 0.2) is 30.3 Å². The molecule has 1 aromatic heterocycles. The van der Waals surface area contributed by atoms with Crippen molar-refractivity contribution >= 4 is 23.2 Å². The zero-order valence-electron chi connectivity index (χ0n) is 10.1. The summed E-state index contributed by atoms with van der Waals surface area (Å²) in [6, 6.07) is 8.85. The number of nitrogens with zero attached hydrogens (tertiary/aromatic N) is 1. The molecule has 0 bridgehead atoms. The van der Waals surface area contributed by atoms with Crippen molar-refractivity contribution in [3.63, 3.8) is 0 Å². The highest BCUT2D eigenvalue weighted by Crippen LogP contribution is 2.29. The summed E-state index contributed by atoms with van der Waals surface area (Å²) < 4.78 is 0. The Balaban J connectivity index is 2.40. The van der Waals surface area contributed by atoms with Crippen molar-refractivity contribution in [1.29, 1.82) is 0 Å². The molecule has 0 aliphatic carbocycles. The third-order valence-corrected chi connectivity index (χ3v) is 3.42. The van der Waals surface area contributed by atoms with Crippen LogP contribution in [0.25, 0.3) is 0 Å². The fourth-order valence-corrected chi connectivity index (χ4v) is 2.21. The van der Waals surface area contributed by atoms with Crippen molar-refractivity contribution in [3.05, 3.63) is 62.9 Å². The maximum absolute atomic E-state index is 10.3. The van der Waals surface area contributed by atoms with Crippen LogP contribution in [0.4, 0.5) is 0 Å². The summed E-state index contributed by atoms with van der Waals surface area (Å²) in [5, 5.41) is 11.2. The molecule has 18 heavy (non-hydrogen) atoms. The van der Waals surface area contributed by atoms with Gasteiger partial charge in [-0.3, -0.25) is 4.98 Å². The number of rotatable bonds is 2. The standard InChI is InChI=1S/C14H13Cl2NO/c1-8-5-11(6-9(2)17-8)14(18)10-3-4-12(15)13(16)7-10/h3-7,14,18H,1-2H3. The maximum Gasteiger partial charge on any atom is 0.104 e. The second-order valence-corrected chi connectivity index (χ2v) is 5.07. The van der Waals surface area contributed by atoms with Gasteiger partial charge in [0.1, 0.15) is 6.10 Å². The number of aliphatic hydroxyl groups is 1. The maximum atomic E-state index is 10.3. The van der Waals surface area contributed by atoms with Gasteiger partial charge in [0.25, 0.3) is 0 Å². The summed E-state index contributed by atoms with van der Waals surface area (Å²) in [5.74, 6) is 0. The third-order valence-electron chi connectivity index (χ3n) is 2.68. The molecule has 2 nitrogen and oxygen atoms in total.